The van der Waals surface area contributed by atoms with Crippen LogP contribution in [0, 0.1) is 22.7 Å². The summed E-state index contributed by atoms with van der Waals surface area (Å²) in [5.41, 5.74) is -0.836. The minimum atomic E-state index is -3.39. The van der Waals surface area contributed by atoms with Gasteiger partial charge >= 0.3 is 0 Å². The zero-order valence-electron chi connectivity index (χ0n) is 17.5. The Balaban J connectivity index is 1.32. The average Bonchev–Trinajstić information content (AvgIpc) is 3.01. The minimum absolute atomic E-state index is 0.0285. The van der Waals surface area contributed by atoms with Crippen LogP contribution < -0.4 is 0 Å². The smallest absolute Gasteiger partial charge is 0.215 e. The molecule has 0 amide bonds. The first-order chi connectivity index (χ1) is 13.2. The lowest BCUT2D eigenvalue weighted by molar-refractivity contribution is -0.128. The van der Waals surface area contributed by atoms with E-state index in [0.717, 1.165) is 65.0 Å². The van der Waals surface area contributed by atoms with Crippen LogP contribution in [0.15, 0.2) is 0 Å². The maximum absolute atomic E-state index is 13.2. The molecule has 0 N–H and O–H groups in total. The van der Waals surface area contributed by atoms with Crippen molar-refractivity contribution >= 4 is 15.8 Å². The molecule has 2 saturated carbocycles. The van der Waals surface area contributed by atoms with Gasteiger partial charge in [0.05, 0.1) is 19.0 Å². The summed E-state index contributed by atoms with van der Waals surface area (Å²) in [5, 5.41) is 0. The third-order valence-corrected chi connectivity index (χ3v) is 10.5. The molecule has 6 nitrogen and oxygen atoms in total. The Morgan fingerprint density at radius 2 is 1.75 bits per heavy atom. The molecule has 4 aliphatic rings. The van der Waals surface area contributed by atoms with Crippen molar-refractivity contribution in [2.45, 2.75) is 52.4 Å². The van der Waals surface area contributed by atoms with Crippen LogP contribution in [0.5, 0.6) is 0 Å². The van der Waals surface area contributed by atoms with Crippen molar-refractivity contribution in [3.8, 4) is 0 Å². The van der Waals surface area contributed by atoms with E-state index < -0.39 is 15.4 Å². The fourth-order valence-electron chi connectivity index (χ4n) is 6.18. The lowest BCUT2D eigenvalue weighted by Crippen LogP contribution is -2.48. The van der Waals surface area contributed by atoms with Gasteiger partial charge in [-0.05, 0) is 55.9 Å². The van der Waals surface area contributed by atoms with Crippen LogP contribution >= 0.6 is 0 Å². The van der Waals surface area contributed by atoms with Crippen LogP contribution in [0.2, 0.25) is 0 Å². The Hall–Kier alpha value is -0.500. The molecule has 0 aromatic carbocycles. The molecule has 2 atom stereocenters. The second-order valence-corrected chi connectivity index (χ2v) is 12.0. The fourth-order valence-corrected chi connectivity index (χ4v) is 8.43. The highest BCUT2D eigenvalue weighted by Gasteiger charge is 2.65. The highest BCUT2D eigenvalue weighted by molar-refractivity contribution is 7.89. The summed E-state index contributed by atoms with van der Waals surface area (Å²) in [6.07, 6.45) is 5.35. The molecule has 0 spiro atoms. The van der Waals surface area contributed by atoms with Crippen LogP contribution in [0.25, 0.3) is 0 Å². The minimum Gasteiger partial charge on any atom is -0.379 e. The number of ketones is 1. The summed E-state index contributed by atoms with van der Waals surface area (Å²) in [7, 11) is -3.39. The second-order valence-electron chi connectivity index (χ2n) is 10.0. The van der Waals surface area contributed by atoms with Crippen molar-refractivity contribution in [3.63, 3.8) is 0 Å². The van der Waals surface area contributed by atoms with E-state index in [-0.39, 0.29) is 17.0 Å². The predicted molar refractivity (Wildman–Crippen MR) is 109 cm³/mol. The maximum Gasteiger partial charge on any atom is 0.215 e. The molecule has 2 saturated heterocycles. The first kappa shape index (κ1) is 20.8. The van der Waals surface area contributed by atoms with Gasteiger partial charge in [0.15, 0.2) is 0 Å². The zero-order chi connectivity index (χ0) is 20.0. The summed E-state index contributed by atoms with van der Waals surface area (Å²) in [4.78, 5) is 15.2. The molecule has 28 heavy (non-hydrogen) atoms. The number of carbonyl (C=O) groups excluding carboxylic acids is 1. The maximum atomic E-state index is 13.2. The average molecular weight is 413 g/mol. The Kier molecular flexibility index (Phi) is 5.66. The Morgan fingerprint density at radius 1 is 1.07 bits per heavy atom. The highest BCUT2D eigenvalue weighted by atomic mass is 32.2. The Bertz CT molecular complexity index is 693. The van der Waals surface area contributed by atoms with Gasteiger partial charge in [0.2, 0.25) is 10.0 Å². The van der Waals surface area contributed by atoms with E-state index in [1.54, 1.807) is 4.31 Å². The van der Waals surface area contributed by atoms with Gasteiger partial charge in [0.1, 0.15) is 5.78 Å². The molecule has 2 unspecified atom stereocenters. The van der Waals surface area contributed by atoms with Crippen LogP contribution in [-0.2, 0) is 19.6 Å². The number of piperidine rings is 1. The van der Waals surface area contributed by atoms with E-state index in [0.29, 0.717) is 31.3 Å². The molecule has 2 heterocycles. The summed E-state index contributed by atoms with van der Waals surface area (Å²) >= 11 is 0. The van der Waals surface area contributed by atoms with Gasteiger partial charge in [-0.1, -0.05) is 13.8 Å². The highest BCUT2D eigenvalue weighted by Crippen LogP contribution is 2.64. The fraction of sp³-hybridized carbons (Fsp3) is 0.952. The van der Waals surface area contributed by atoms with Crippen LogP contribution in [0.4, 0.5) is 0 Å². The molecule has 4 rings (SSSR count). The van der Waals surface area contributed by atoms with Crippen molar-refractivity contribution in [2.24, 2.45) is 22.7 Å². The standard InChI is InChI=1S/C21H36N2O4S/c1-20(2)18-3-7-21(20,19(24)15-18)16-28(25,26)23-9-5-17(6-10-23)4-8-22-11-13-27-14-12-22/h17-18H,3-16H2,1-2H3. The van der Waals surface area contributed by atoms with Crippen molar-refractivity contribution in [1.82, 2.24) is 9.21 Å². The van der Waals surface area contributed by atoms with Gasteiger partial charge in [0, 0.05) is 38.0 Å². The van der Waals surface area contributed by atoms with Crippen LogP contribution in [0.1, 0.15) is 52.4 Å². The van der Waals surface area contributed by atoms with Gasteiger partial charge in [-0.2, -0.15) is 0 Å². The predicted octanol–water partition coefficient (Wildman–Crippen LogP) is 2.15. The van der Waals surface area contributed by atoms with E-state index in [2.05, 4.69) is 18.7 Å². The van der Waals surface area contributed by atoms with E-state index in [1.807, 2.05) is 0 Å². The molecule has 0 radical (unpaired) electrons. The zero-order valence-corrected chi connectivity index (χ0v) is 18.3. The van der Waals surface area contributed by atoms with Gasteiger partial charge < -0.3 is 4.74 Å². The van der Waals surface area contributed by atoms with E-state index >= 15 is 0 Å². The summed E-state index contributed by atoms with van der Waals surface area (Å²) in [6.45, 7) is 10.2. The largest absolute Gasteiger partial charge is 0.379 e. The van der Waals surface area contributed by atoms with E-state index in [1.165, 1.54) is 0 Å². The number of hydrogen-bond acceptors (Lipinski definition) is 5. The SMILES string of the molecule is CC1(C)C2CCC1(CS(=O)(=O)N1CCC(CCN3CCOCC3)CC1)C(=O)C2. The van der Waals surface area contributed by atoms with Gasteiger partial charge in [-0.3, -0.25) is 9.69 Å². The third-order valence-electron chi connectivity index (χ3n) is 8.49. The second kappa shape index (κ2) is 7.64. The Morgan fingerprint density at radius 3 is 2.32 bits per heavy atom. The van der Waals surface area contributed by atoms with Gasteiger partial charge in [-0.15, -0.1) is 0 Å². The quantitative estimate of drug-likeness (QED) is 0.669. The lowest BCUT2D eigenvalue weighted by Gasteiger charge is -2.39. The molecule has 2 aliphatic carbocycles. The van der Waals surface area contributed by atoms with Crippen molar-refractivity contribution in [1.29, 1.82) is 0 Å². The summed E-state index contributed by atoms with van der Waals surface area (Å²) in [5.74, 6) is 1.19. The first-order valence-electron chi connectivity index (χ1n) is 11.1. The summed E-state index contributed by atoms with van der Waals surface area (Å²) < 4.78 is 33.5. The van der Waals surface area contributed by atoms with Gasteiger partial charge in [0.25, 0.3) is 0 Å². The monoisotopic (exact) mass is 412 g/mol. The topological polar surface area (TPSA) is 66.9 Å². The third kappa shape index (κ3) is 3.57. The molecule has 160 valence electrons. The number of fused-ring (bicyclic) bond motifs is 2. The van der Waals surface area contributed by atoms with Crippen molar-refractivity contribution < 1.29 is 17.9 Å². The molecule has 2 aliphatic heterocycles. The van der Waals surface area contributed by atoms with E-state index in [9.17, 15) is 13.2 Å². The van der Waals surface area contributed by atoms with Crippen molar-refractivity contribution in [2.75, 3.05) is 51.7 Å². The lowest BCUT2D eigenvalue weighted by atomic mass is 9.70. The number of Topliss-reactive ketones (excluding diaryl/α,β-unsaturated/α-hetero) is 1. The number of rotatable bonds is 6. The molecule has 0 aromatic heterocycles. The van der Waals surface area contributed by atoms with E-state index in [4.69, 9.17) is 4.74 Å². The molecule has 0 aromatic rings. The molecule has 4 fully saturated rings. The summed E-state index contributed by atoms with van der Waals surface area (Å²) in [6, 6.07) is 0. The van der Waals surface area contributed by atoms with Crippen LogP contribution in [0.3, 0.4) is 0 Å². The first-order valence-corrected chi connectivity index (χ1v) is 12.7. The molecular weight excluding hydrogens is 376 g/mol. The number of nitrogens with zero attached hydrogens (tertiary/aromatic N) is 2. The molecular formula is C21H36N2O4S. The molecule has 2 bridgehead atoms. The number of carbonyl (C=O) groups is 1. The van der Waals surface area contributed by atoms with Crippen molar-refractivity contribution in [3.05, 3.63) is 0 Å². The molecule has 7 heteroatoms. The number of hydrogen-bond donors (Lipinski definition) is 0. The number of morpholine rings is 1. The normalized spacial score (nSPS) is 34.9. The number of sulfonamides is 1. The Labute approximate surface area is 170 Å². The van der Waals surface area contributed by atoms with Crippen LogP contribution in [-0.4, -0.2) is 75.1 Å². The number of ether oxygens (including phenoxy) is 1. The van der Waals surface area contributed by atoms with Gasteiger partial charge in [-0.25, -0.2) is 12.7 Å².